The molecule has 2 aromatic rings. The maximum atomic E-state index is 6.05. The molecule has 1 aromatic carbocycles. The van der Waals surface area contributed by atoms with E-state index < -0.39 is 6.04 Å². The molecule has 0 saturated heterocycles. The first-order valence-corrected chi connectivity index (χ1v) is 5.35. The van der Waals surface area contributed by atoms with Crippen LogP contribution < -0.4 is 5.73 Å². The number of rotatable bonds is 2. The number of nitrogens with zero attached hydrogens (tertiary/aromatic N) is 2. The number of aromatic nitrogens is 2. The molecule has 16 heavy (non-hydrogen) atoms. The van der Waals surface area contributed by atoms with Gasteiger partial charge in [0.05, 0.1) is 16.1 Å². The molecule has 0 aliphatic rings. The van der Waals surface area contributed by atoms with Crippen LogP contribution in [0.1, 0.15) is 23.3 Å². The zero-order chi connectivity index (χ0) is 11.7. The van der Waals surface area contributed by atoms with Crippen molar-refractivity contribution >= 4 is 23.2 Å². The molecule has 2 N–H and O–H groups in total. The Balaban J connectivity index is 2.41. The van der Waals surface area contributed by atoms with E-state index in [0.29, 0.717) is 27.3 Å². The largest absolute Gasteiger partial charge is 0.340 e. The summed E-state index contributed by atoms with van der Waals surface area (Å²) < 4.78 is 4.86. The minimum atomic E-state index is -0.538. The molecule has 0 spiro atoms. The molecular formula is C10H9Cl2N3O. The first-order valence-electron chi connectivity index (χ1n) is 4.59. The summed E-state index contributed by atoms with van der Waals surface area (Å²) in [6, 6.07) is 4.71. The summed E-state index contributed by atoms with van der Waals surface area (Å²) in [6.07, 6.45) is 0. The summed E-state index contributed by atoms with van der Waals surface area (Å²) in [5.74, 6) is 0.852. The van der Waals surface area contributed by atoms with Gasteiger partial charge in [0.25, 0.3) is 0 Å². The maximum Gasteiger partial charge on any atom is 0.223 e. The van der Waals surface area contributed by atoms with Crippen molar-refractivity contribution < 1.29 is 4.52 Å². The Bertz CT molecular complexity index is 513. The lowest BCUT2D eigenvalue weighted by molar-refractivity contribution is 0.385. The number of benzene rings is 1. The molecular weight excluding hydrogens is 249 g/mol. The van der Waals surface area contributed by atoms with Crippen LogP contribution in [0, 0.1) is 6.92 Å². The molecule has 0 saturated carbocycles. The Hall–Kier alpha value is -1.10. The molecule has 0 radical (unpaired) electrons. The van der Waals surface area contributed by atoms with E-state index in [1.807, 2.05) is 0 Å². The lowest BCUT2D eigenvalue weighted by Crippen LogP contribution is -2.14. The molecule has 1 unspecified atom stereocenters. The molecule has 2 rings (SSSR count). The number of hydrogen-bond donors (Lipinski definition) is 1. The van der Waals surface area contributed by atoms with E-state index in [1.54, 1.807) is 25.1 Å². The molecule has 1 atom stereocenters. The van der Waals surface area contributed by atoms with Gasteiger partial charge in [-0.25, -0.2) is 0 Å². The first-order chi connectivity index (χ1) is 7.59. The van der Waals surface area contributed by atoms with Gasteiger partial charge in [0.2, 0.25) is 5.89 Å². The van der Waals surface area contributed by atoms with Gasteiger partial charge in [-0.05, 0) is 11.6 Å². The third kappa shape index (κ3) is 2.04. The highest BCUT2D eigenvalue weighted by molar-refractivity contribution is 6.42. The summed E-state index contributed by atoms with van der Waals surface area (Å²) in [6.45, 7) is 1.70. The van der Waals surface area contributed by atoms with Crippen molar-refractivity contribution in [3.05, 3.63) is 45.5 Å². The zero-order valence-electron chi connectivity index (χ0n) is 8.45. The predicted octanol–water partition coefficient (Wildman–Crippen LogP) is 2.73. The van der Waals surface area contributed by atoms with Gasteiger partial charge in [0, 0.05) is 6.92 Å². The molecule has 0 amide bonds. The number of nitrogens with two attached hydrogens (primary N) is 1. The third-order valence-corrected chi connectivity index (χ3v) is 2.97. The number of aryl methyl sites for hydroxylation is 1. The second-order valence-corrected chi connectivity index (χ2v) is 4.08. The van der Waals surface area contributed by atoms with E-state index in [4.69, 9.17) is 33.5 Å². The third-order valence-electron chi connectivity index (χ3n) is 2.14. The first kappa shape index (κ1) is 11.4. The van der Waals surface area contributed by atoms with Gasteiger partial charge < -0.3 is 10.3 Å². The second-order valence-electron chi connectivity index (χ2n) is 3.29. The van der Waals surface area contributed by atoms with Gasteiger partial charge in [-0.15, -0.1) is 0 Å². The van der Waals surface area contributed by atoms with Gasteiger partial charge in [-0.2, -0.15) is 4.98 Å². The minimum Gasteiger partial charge on any atom is -0.340 e. The Kier molecular flexibility index (Phi) is 3.14. The van der Waals surface area contributed by atoms with E-state index in [9.17, 15) is 0 Å². The van der Waals surface area contributed by atoms with Crippen LogP contribution >= 0.6 is 23.2 Å². The fourth-order valence-electron chi connectivity index (χ4n) is 1.34. The molecule has 6 heteroatoms. The zero-order valence-corrected chi connectivity index (χ0v) is 9.96. The standard InChI is InChI=1S/C10H9Cl2N3O/c1-5-14-10(15-16-5)9(13)6-3-2-4-7(11)8(6)12/h2-4,9H,13H2,1H3. The van der Waals surface area contributed by atoms with Crippen LogP contribution in [0.5, 0.6) is 0 Å². The molecule has 0 bridgehead atoms. The van der Waals surface area contributed by atoms with Gasteiger partial charge in [0.15, 0.2) is 5.82 Å². The van der Waals surface area contributed by atoms with E-state index in [2.05, 4.69) is 10.1 Å². The van der Waals surface area contributed by atoms with Gasteiger partial charge >= 0.3 is 0 Å². The SMILES string of the molecule is Cc1nc(C(N)c2cccc(Cl)c2Cl)no1. The monoisotopic (exact) mass is 257 g/mol. The summed E-state index contributed by atoms with van der Waals surface area (Å²) >= 11 is 11.9. The summed E-state index contributed by atoms with van der Waals surface area (Å²) in [5, 5.41) is 4.62. The van der Waals surface area contributed by atoms with Gasteiger partial charge in [-0.1, -0.05) is 40.5 Å². The number of halogens is 2. The van der Waals surface area contributed by atoms with Crippen molar-refractivity contribution in [2.75, 3.05) is 0 Å². The fraction of sp³-hybridized carbons (Fsp3) is 0.200. The van der Waals surface area contributed by atoms with E-state index >= 15 is 0 Å². The molecule has 84 valence electrons. The minimum absolute atomic E-state index is 0.390. The Morgan fingerprint density at radius 2 is 2.12 bits per heavy atom. The average Bonchev–Trinajstić information content (AvgIpc) is 2.68. The highest BCUT2D eigenvalue weighted by atomic mass is 35.5. The molecule has 1 heterocycles. The smallest absolute Gasteiger partial charge is 0.223 e. The fourth-order valence-corrected chi connectivity index (χ4v) is 1.77. The second kappa shape index (κ2) is 4.41. The average molecular weight is 258 g/mol. The Morgan fingerprint density at radius 3 is 2.75 bits per heavy atom. The summed E-state index contributed by atoms with van der Waals surface area (Å²) in [7, 11) is 0. The van der Waals surface area contributed by atoms with Crippen LogP contribution in [0.15, 0.2) is 22.7 Å². The summed E-state index contributed by atoms with van der Waals surface area (Å²) in [4.78, 5) is 4.05. The molecule has 0 fully saturated rings. The van der Waals surface area contributed by atoms with Crippen molar-refractivity contribution in [1.82, 2.24) is 10.1 Å². The van der Waals surface area contributed by atoms with E-state index in [-0.39, 0.29) is 0 Å². The lowest BCUT2D eigenvalue weighted by Gasteiger charge is -2.10. The Labute approximate surface area is 102 Å². The van der Waals surface area contributed by atoms with Crippen LogP contribution in [-0.4, -0.2) is 10.1 Å². The van der Waals surface area contributed by atoms with E-state index in [1.165, 1.54) is 0 Å². The van der Waals surface area contributed by atoms with Crippen LogP contribution in [0.2, 0.25) is 10.0 Å². The maximum absolute atomic E-state index is 6.05. The van der Waals surface area contributed by atoms with E-state index in [0.717, 1.165) is 0 Å². The van der Waals surface area contributed by atoms with Gasteiger partial charge in [0.1, 0.15) is 0 Å². The number of hydrogen-bond acceptors (Lipinski definition) is 4. The van der Waals surface area contributed by atoms with Crippen LogP contribution in [0.3, 0.4) is 0 Å². The normalized spacial score (nSPS) is 12.8. The molecule has 0 aliphatic carbocycles. The van der Waals surface area contributed by atoms with Crippen LogP contribution in [-0.2, 0) is 0 Å². The molecule has 0 aliphatic heterocycles. The van der Waals surface area contributed by atoms with Gasteiger partial charge in [-0.3, -0.25) is 0 Å². The van der Waals surface area contributed by atoms with Crippen LogP contribution in [0.4, 0.5) is 0 Å². The van der Waals surface area contributed by atoms with Crippen molar-refractivity contribution in [3.8, 4) is 0 Å². The molecule has 1 aromatic heterocycles. The van der Waals surface area contributed by atoms with Crippen molar-refractivity contribution in [1.29, 1.82) is 0 Å². The quantitative estimate of drug-likeness (QED) is 0.899. The van der Waals surface area contributed by atoms with Crippen molar-refractivity contribution in [3.63, 3.8) is 0 Å². The lowest BCUT2D eigenvalue weighted by atomic mass is 10.1. The topological polar surface area (TPSA) is 64.9 Å². The summed E-state index contributed by atoms with van der Waals surface area (Å²) in [5.41, 5.74) is 6.65. The van der Waals surface area contributed by atoms with Crippen molar-refractivity contribution in [2.24, 2.45) is 5.73 Å². The van der Waals surface area contributed by atoms with Crippen LogP contribution in [0.25, 0.3) is 0 Å². The predicted molar refractivity (Wildman–Crippen MR) is 61.5 cm³/mol. The molecule has 4 nitrogen and oxygen atoms in total. The highest BCUT2D eigenvalue weighted by Crippen LogP contribution is 2.30. The highest BCUT2D eigenvalue weighted by Gasteiger charge is 2.18. The van der Waals surface area contributed by atoms with Crippen molar-refractivity contribution in [2.45, 2.75) is 13.0 Å². The Morgan fingerprint density at radius 1 is 1.38 bits per heavy atom.